The van der Waals surface area contributed by atoms with E-state index in [4.69, 9.17) is 0 Å². The summed E-state index contributed by atoms with van der Waals surface area (Å²) in [4.78, 5) is 9.39. The molecule has 1 heterocycles. The fraction of sp³-hybridized carbons (Fsp3) is 0.143. The molecule has 0 amide bonds. The van der Waals surface area contributed by atoms with Gasteiger partial charge < -0.3 is 4.98 Å². The zero-order valence-corrected chi connectivity index (χ0v) is 20.2. The van der Waals surface area contributed by atoms with E-state index in [1.54, 1.807) is 0 Å². The van der Waals surface area contributed by atoms with Gasteiger partial charge in [-0.3, -0.25) is 0 Å². The van der Waals surface area contributed by atoms with Gasteiger partial charge in [-0.25, -0.2) is 0 Å². The second kappa shape index (κ2) is 7.51. The topological polar surface area (TPSA) is 15.8 Å². The van der Waals surface area contributed by atoms with Gasteiger partial charge in [0, 0.05) is 21.8 Å². The highest BCUT2D eigenvalue weighted by Gasteiger charge is 2.20. The number of hydrogen-bond acceptors (Lipinski definition) is 0. The molecule has 5 aromatic rings. The zero-order chi connectivity index (χ0) is 21.6. The smallest absolute Gasteiger partial charge is 0.0475 e. The number of benzene rings is 4. The van der Waals surface area contributed by atoms with Gasteiger partial charge in [-0.1, -0.05) is 48.5 Å². The molecule has 0 radical (unpaired) electrons. The average Bonchev–Trinajstić information content (AvgIpc) is 3.17. The molecule has 0 aliphatic heterocycles. The average molecular weight is 444 g/mol. The van der Waals surface area contributed by atoms with Crippen LogP contribution in [0.3, 0.4) is 0 Å². The number of H-pyrrole nitrogens is 1. The highest BCUT2D eigenvalue weighted by molar-refractivity contribution is 8.33. The zero-order valence-electron chi connectivity index (χ0n) is 18.6. The molecular formula is C28H29NS2. The van der Waals surface area contributed by atoms with Gasteiger partial charge in [-0.15, -0.1) is 0 Å². The first kappa shape index (κ1) is 20.3. The van der Waals surface area contributed by atoms with Crippen LogP contribution < -0.4 is 0 Å². The van der Waals surface area contributed by atoms with Gasteiger partial charge in [0.15, 0.2) is 0 Å². The van der Waals surface area contributed by atoms with Crippen LogP contribution in [0.15, 0.2) is 117 Å². The first-order valence-electron chi connectivity index (χ1n) is 10.5. The molecule has 158 valence electrons. The summed E-state index contributed by atoms with van der Waals surface area (Å²) in [6, 6.07) is 35.8. The Morgan fingerprint density at radius 3 is 1.23 bits per heavy atom. The molecule has 5 rings (SSSR count). The van der Waals surface area contributed by atoms with E-state index in [2.05, 4.69) is 127 Å². The van der Waals surface area contributed by atoms with Crippen LogP contribution >= 0.6 is 20.1 Å². The summed E-state index contributed by atoms with van der Waals surface area (Å²) in [5.74, 6) is 0. The molecule has 1 N–H and O–H groups in total. The van der Waals surface area contributed by atoms with E-state index in [1.807, 2.05) is 0 Å². The lowest BCUT2D eigenvalue weighted by atomic mass is 10.1. The Hall–Kier alpha value is -2.62. The molecule has 1 aromatic heterocycles. The minimum Gasteiger partial charge on any atom is -0.354 e. The summed E-state index contributed by atoms with van der Waals surface area (Å²) < 4.78 is 0. The van der Waals surface area contributed by atoms with Gasteiger partial charge in [0.25, 0.3) is 0 Å². The van der Waals surface area contributed by atoms with Crippen LogP contribution in [0.4, 0.5) is 0 Å². The van der Waals surface area contributed by atoms with E-state index in [-0.39, 0.29) is 0 Å². The van der Waals surface area contributed by atoms with Crippen molar-refractivity contribution in [2.24, 2.45) is 0 Å². The van der Waals surface area contributed by atoms with Crippen LogP contribution in [0, 0.1) is 0 Å². The van der Waals surface area contributed by atoms with E-state index in [9.17, 15) is 0 Å². The molecule has 0 aliphatic rings. The van der Waals surface area contributed by atoms with Crippen molar-refractivity contribution in [3.63, 3.8) is 0 Å². The molecule has 0 unspecified atom stereocenters. The highest BCUT2D eigenvalue weighted by Crippen LogP contribution is 2.58. The van der Waals surface area contributed by atoms with Gasteiger partial charge in [0.2, 0.25) is 0 Å². The molecule has 0 saturated heterocycles. The number of fused-ring (bicyclic) bond motifs is 3. The Balaban J connectivity index is 1.60. The lowest BCUT2D eigenvalue weighted by Crippen LogP contribution is -1.97. The summed E-state index contributed by atoms with van der Waals surface area (Å²) in [7, 11) is -2.10. The first-order chi connectivity index (χ1) is 14.9. The van der Waals surface area contributed by atoms with Crippen molar-refractivity contribution < 1.29 is 0 Å². The van der Waals surface area contributed by atoms with Crippen LogP contribution in [0.25, 0.3) is 21.8 Å². The molecule has 0 spiro atoms. The second-order valence-electron chi connectivity index (χ2n) is 8.82. The predicted octanol–water partition coefficient (Wildman–Crippen LogP) is 8.29. The molecule has 0 aliphatic carbocycles. The van der Waals surface area contributed by atoms with Gasteiger partial charge in [0.05, 0.1) is 0 Å². The van der Waals surface area contributed by atoms with Gasteiger partial charge >= 0.3 is 0 Å². The molecule has 1 nitrogen and oxygen atoms in total. The molecule has 31 heavy (non-hydrogen) atoms. The van der Waals surface area contributed by atoms with E-state index < -0.39 is 20.1 Å². The molecule has 0 saturated carbocycles. The second-order valence-corrected chi connectivity index (χ2v) is 16.0. The Morgan fingerprint density at radius 1 is 0.452 bits per heavy atom. The quantitative estimate of drug-likeness (QED) is 0.287. The monoisotopic (exact) mass is 443 g/mol. The molecule has 3 heteroatoms. The van der Waals surface area contributed by atoms with Crippen LogP contribution in [0.2, 0.25) is 0 Å². The Bertz CT molecular complexity index is 1260. The Morgan fingerprint density at radius 2 is 0.839 bits per heavy atom. The summed E-state index contributed by atoms with van der Waals surface area (Å²) in [6.07, 6.45) is 9.54. The summed E-state index contributed by atoms with van der Waals surface area (Å²) in [5, 5.41) is 2.61. The van der Waals surface area contributed by atoms with Crippen molar-refractivity contribution in [2.75, 3.05) is 25.0 Å². The Labute approximate surface area is 188 Å². The van der Waals surface area contributed by atoms with Crippen molar-refractivity contribution in [3.05, 3.63) is 97.1 Å². The van der Waals surface area contributed by atoms with Gasteiger partial charge in [-0.05, 0) is 93.1 Å². The standard InChI is InChI=1S/C28H29NS2/c1-30(2,21-11-7-5-8-12-21)23-15-17-25-26-18-16-24(20-28(26)29-27(25)19-23)31(3,4)22-13-9-6-10-14-22/h5-20,29H,1-4H3. The van der Waals surface area contributed by atoms with Gasteiger partial charge in [0.1, 0.15) is 0 Å². The third-order valence-corrected chi connectivity index (χ3v) is 12.2. The minimum absolute atomic E-state index is 1.05. The maximum Gasteiger partial charge on any atom is 0.0475 e. The number of rotatable bonds is 4. The maximum atomic E-state index is 3.73. The molecule has 0 fully saturated rings. The SMILES string of the molecule is CS(C)(c1ccccc1)c1ccc2c(c1)[nH]c1cc(S(C)(C)c3ccccc3)ccc12. The molecular weight excluding hydrogens is 414 g/mol. The normalized spacial score (nSPS) is 13.5. The van der Waals surface area contributed by atoms with Gasteiger partial charge in [-0.2, -0.15) is 20.1 Å². The van der Waals surface area contributed by atoms with Crippen LogP contribution in [0.1, 0.15) is 0 Å². The van der Waals surface area contributed by atoms with Crippen molar-refractivity contribution in [1.82, 2.24) is 4.98 Å². The Kier molecular flexibility index (Phi) is 4.91. The number of aromatic nitrogens is 1. The summed E-state index contributed by atoms with van der Waals surface area (Å²) in [6.45, 7) is 0. The fourth-order valence-electron chi connectivity index (χ4n) is 4.30. The van der Waals surface area contributed by atoms with Crippen LogP contribution in [-0.2, 0) is 0 Å². The van der Waals surface area contributed by atoms with E-state index in [0.29, 0.717) is 0 Å². The maximum absolute atomic E-state index is 3.73. The van der Waals surface area contributed by atoms with Crippen LogP contribution in [0.5, 0.6) is 0 Å². The van der Waals surface area contributed by atoms with Crippen molar-refractivity contribution in [1.29, 1.82) is 0 Å². The number of hydrogen-bond donors (Lipinski definition) is 1. The predicted molar refractivity (Wildman–Crippen MR) is 141 cm³/mol. The molecule has 0 atom stereocenters. The number of nitrogens with one attached hydrogen (secondary N) is 1. The van der Waals surface area contributed by atoms with Crippen molar-refractivity contribution in [2.45, 2.75) is 19.6 Å². The summed E-state index contributed by atoms with van der Waals surface area (Å²) >= 11 is 0. The van der Waals surface area contributed by atoms with Crippen molar-refractivity contribution in [3.8, 4) is 0 Å². The number of aromatic amines is 1. The third kappa shape index (κ3) is 3.46. The van der Waals surface area contributed by atoms with Crippen molar-refractivity contribution >= 4 is 41.9 Å². The third-order valence-electron chi connectivity index (χ3n) is 6.39. The van der Waals surface area contributed by atoms with E-state index in [1.165, 1.54) is 41.4 Å². The lowest BCUT2D eigenvalue weighted by molar-refractivity contribution is 1.36. The van der Waals surface area contributed by atoms with E-state index in [0.717, 1.165) is 0 Å². The van der Waals surface area contributed by atoms with Crippen LogP contribution in [-0.4, -0.2) is 30.0 Å². The van der Waals surface area contributed by atoms with E-state index >= 15 is 0 Å². The molecule has 0 bridgehead atoms. The first-order valence-corrected chi connectivity index (χ1v) is 15.4. The largest absolute Gasteiger partial charge is 0.354 e. The summed E-state index contributed by atoms with van der Waals surface area (Å²) in [5.41, 5.74) is 2.46. The lowest BCUT2D eigenvalue weighted by Gasteiger charge is -2.32. The highest BCUT2D eigenvalue weighted by atomic mass is 32.3. The fourth-order valence-corrected chi connectivity index (χ4v) is 8.16. The molecule has 4 aromatic carbocycles. The minimum atomic E-state index is -1.05.